The molecule has 10 heteroatoms. The number of aromatic nitrogens is 3. The monoisotopic (exact) mass is 429 g/mol. The molecule has 0 aliphatic carbocycles. The Morgan fingerprint density at radius 3 is 2.55 bits per heavy atom. The molecule has 4 N–H and O–H groups in total. The van der Waals surface area contributed by atoms with E-state index in [-0.39, 0.29) is 35.7 Å². The highest BCUT2D eigenvalue weighted by molar-refractivity contribution is 5.95. The van der Waals surface area contributed by atoms with Crippen LogP contribution in [0.4, 0.5) is 14.6 Å². The van der Waals surface area contributed by atoms with Crippen molar-refractivity contribution in [1.29, 1.82) is 0 Å². The average Bonchev–Trinajstić information content (AvgIpc) is 3.43. The van der Waals surface area contributed by atoms with Crippen LogP contribution in [-0.4, -0.2) is 47.2 Å². The van der Waals surface area contributed by atoms with E-state index < -0.39 is 17.2 Å². The molecule has 31 heavy (non-hydrogen) atoms. The van der Waals surface area contributed by atoms with Crippen LogP contribution in [-0.2, 0) is 6.61 Å². The minimum Gasteiger partial charge on any atom is -0.493 e. The Balaban J connectivity index is 1.93. The van der Waals surface area contributed by atoms with Crippen LogP contribution < -0.4 is 20.5 Å². The predicted molar refractivity (Wildman–Crippen MR) is 110 cm³/mol. The van der Waals surface area contributed by atoms with E-state index in [0.29, 0.717) is 23.0 Å². The van der Waals surface area contributed by atoms with E-state index in [1.54, 1.807) is 4.68 Å². The van der Waals surface area contributed by atoms with Crippen molar-refractivity contribution >= 4 is 16.7 Å². The zero-order valence-corrected chi connectivity index (χ0v) is 17.0. The minimum atomic E-state index is -0.945. The fourth-order valence-electron chi connectivity index (χ4n) is 3.69. The van der Waals surface area contributed by atoms with Gasteiger partial charge in [-0.2, -0.15) is 5.10 Å². The fraction of sp³-hybridized carbons (Fsp3) is 0.333. The molecule has 162 valence electrons. The Labute approximate surface area is 177 Å². The quantitative estimate of drug-likeness (QED) is 0.542. The molecule has 3 heterocycles. The van der Waals surface area contributed by atoms with Gasteiger partial charge in [-0.25, -0.2) is 13.8 Å². The lowest BCUT2D eigenvalue weighted by Crippen LogP contribution is -2.15. The number of ether oxygens (including phenoxy) is 2. The van der Waals surface area contributed by atoms with Crippen LogP contribution in [0.15, 0.2) is 12.3 Å². The molecule has 0 radical (unpaired) electrons. The van der Waals surface area contributed by atoms with E-state index >= 15 is 0 Å². The number of nitrogen functional groups attached to an aromatic ring is 1. The molecule has 1 aliphatic heterocycles. The number of nitrogens with one attached hydrogen (secondary N) is 1. The highest BCUT2D eigenvalue weighted by atomic mass is 19.1. The third-order valence-electron chi connectivity index (χ3n) is 5.26. The van der Waals surface area contributed by atoms with Gasteiger partial charge >= 0.3 is 0 Å². The van der Waals surface area contributed by atoms with E-state index in [1.807, 2.05) is 0 Å². The number of hydrogen-bond donors (Lipinski definition) is 3. The van der Waals surface area contributed by atoms with Crippen molar-refractivity contribution in [1.82, 2.24) is 20.1 Å². The van der Waals surface area contributed by atoms with Crippen LogP contribution in [0.1, 0.15) is 29.3 Å². The molecular formula is C21H21F2N5O3. The Morgan fingerprint density at radius 2 is 1.97 bits per heavy atom. The number of anilines is 1. The van der Waals surface area contributed by atoms with Gasteiger partial charge in [-0.3, -0.25) is 4.68 Å². The number of nitrogens with zero attached hydrogens (tertiary/aromatic N) is 3. The number of benzene rings is 1. The van der Waals surface area contributed by atoms with E-state index in [4.69, 9.17) is 15.2 Å². The summed E-state index contributed by atoms with van der Waals surface area (Å²) in [5.41, 5.74) is 6.95. The van der Waals surface area contributed by atoms with Crippen molar-refractivity contribution in [3.63, 3.8) is 0 Å². The largest absolute Gasteiger partial charge is 0.493 e. The van der Waals surface area contributed by atoms with Gasteiger partial charge in [-0.1, -0.05) is 5.92 Å². The fourth-order valence-corrected chi connectivity index (χ4v) is 3.69. The standard InChI is InChI=1S/C21H21F2N5O3/c1-30-15-7-16(31-2)19(23)13(18(15)22)3-4-14-17-20(11(10-29)8-26-21(17)24)28(27-14)12-5-6-25-9-12/h7-8,12,25,29H,5-6,9-10H2,1-2H3,(H2,24,26)/t12-/m0/s1. The molecule has 0 amide bonds. The Bertz CT molecular complexity index is 1180. The first-order valence-electron chi connectivity index (χ1n) is 9.59. The maximum atomic E-state index is 14.7. The van der Waals surface area contributed by atoms with Gasteiger partial charge in [-0.15, -0.1) is 0 Å². The van der Waals surface area contributed by atoms with Gasteiger partial charge in [0.1, 0.15) is 17.1 Å². The van der Waals surface area contributed by atoms with Gasteiger partial charge in [0.25, 0.3) is 0 Å². The second kappa shape index (κ2) is 8.37. The summed E-state index contributed by atoms with van der Waals surface area (Å²) < 4.78 is 41.0. The van der Waals surface area contributed by atoms with Gasteiger partial charge < -0.3 is 25.6 Å². The number of hydrogen-bond acceptors (Lipinski definition) is 7. The predicted octanol–water partition coefficient (Wildman–Crippen LogP) is 1.74. The second-order valence-corrected chi connectivity index (χ2v) is 7.02. The summed E-state index contributed by atoms with van der Waals surface area (Å²) in [7, 11) is 2.53. The number of halogens is 2. The smallest absolute Gasteiger partial charge is 0.183 e. The maximum absolute atomic E-state index is 14.7. The van der Waals surface area contributed by atoms with Crippen molar-refractivity contribution in [2.24, 2.45) is 0 Å². The summed E-state index contributed by atoms with van der Waals surface area (Å²) in [6.07, 6.45) is 2.31. The first kappa shape index (κ1) is 20.8. The lowest BCUT2D eigenvalue weighted by Gasteiger charge is -2.12. The molecule has 1 aromatic carbocycles. The van der Waals surface area contributed by atoms with Gasteiger partial charge in [0.2, 0.25) is 0 Å². The molecule has 3 aromatic rings. The van der Waals surface area contributed by atoms with Gasteiger partial charge in [0.05, 0.1) is 37.8 Å². The SMILES string of the molecule is COc1cc(OC)c(F)c(C#Cc2nn([C@H]3CCNC3)c3c(CO)cnc(N)c23)c1F. The molecule has 4 rings (SSSR count). The first-order valence-corrected chi connectivity index (χ1v) is 9.59. The lowest BCUT2D eigenvalue weighted by atomic mass is 10.1. The molecular weight excluding hydrogens is 408 g/mol. The first-order chi connectivity index (χ1) is 15.0. The highest BCUT2D eigenvalue weighted by Crippen LogP contribution is 2.32. The minimum absolute atomic E-state index is 0.0236. The zero-order valence-electron chi connectivity index (χ0n) is 17.0. The third-order valence-corrected chi connectivity index (χ3v) is 5.26. The lowest BCUT2D eigenvalue weighted by molar-refractivity contribution is 0.282. The molecule has 1 aliphatic rings. The summed E-state index contributed by atoms with van der Waals surface area (Å²) in [6.45, 7) is 1.24. The third kappa shape index (κ3) is 3.52. The van der Waals surface area contributed by atoms with E-state index in [2.05, 4.69) is 27.2 Å². The van der Waals surface area contributed by atoms with Crippen molar-refractivity contribution < 1.29 is 23.4 Å². The van der Waals surface area contributed by atoms with Gasteiger partial charge in [-0.05, 0) is 18.9 Å². The summed E-state index contributed by atoms with van der Waals surface area (Å²) in [6, 6.07) is 1.14. The number of aliphatic hydroxyl groups excluding tert-OH is 1. The second-order valence-electron chi connectivity index (χ2n) is 7.02. The number of methoxy groups -OCH3 is 2. The van der Waals surface area contributed by atoms with Crippen molar-refractivity contribution in [3.8, 4) is 23.3 Å². The number of pyridine rings is 1. The summed E-state index contributed by atoms with van der Waals surface area (Å²) in [5.74, 6) is 3.12. The van der Waals surface area contributed by atoms with Crippen LogP contribution >= 0.6 is 0 Å². The Morgan fingerprint density at radius 1 is 1.26 bits per heavy atom. The van der Waals surface area contributed by atoms with Crippen molar-refractivity contribution in [2.45, 2.75) is 19.1 Å². The van der Waals surface area contributed by atoms with E-state index in [0.717, 1.165) is 19.0 Å². The van der Waals surface area contributed by atoms with Crippen LogP contribution in [0.5, 0.6) is 11.5 Å². The Hall–Kier alpha value is -3.42. The zero-order chi connectivity index (χ0) is 22.1. The molecule has 1 fully saturated rings. The molecule has 8 nitrogen and oxygen atoms in total. The summed E-state index contributed by atoms with van der Waals surface area (Å²) >= 11 is 0. The van der Waals surface area contributed by atoms with Crippen molar-refractivity contribution in [3.05, 3.63) is 40.7 Å². The molecule has 0 spiro atoms. The van der Waals surface area contributed by atoms with Gasteiger partial charge in [0, 0.05) is 24.4 Å². The number of fused-ring (bicyclic) bond motifs is 1. The van der Waals surface area contributed by atoms with Crippen LogP contribution in [0.25, 0.3) is 10.9 Å². The maximum Gasteiger partial charge on any atom is 0.183 e. The highest BCUT2D eigenvalue weighted by Gasteiger charge is 2.25. The average molecular weight is 429 g/mol. The normalized spacial score (nSPS) is 15.7. The van der Waals surface area contributed by atoms with E-state index in [9.17, 15) is 13.9 Å². The van der Waals surface area contributed by atoms with E-state index in [1.165, 1.54) is 20.4 Å². The topological polar surface area (TPSA) is 107 Å². The van der Waals surface area contributed by atoms with Crippen LogP contribution in [0.2, 0.25) is 0 Å². The Kier molecular flexibility index (Phi) is 5.63. The van der Waals surface area contributed by atoms with Crippen LogP contribution in [0.3, 0.4) is 0 Å². The number of aliphatic hydroxyl groups is 1. The van der Waals surface area contributed by atoms with Gasteiger partial charge in [0.15, 0.2) is 23.1 Å². The molecule has 1 atom stereocenters. The molecule has 0 saturated carbocycles. The molecule has 0 unspecified atom stereocenters. The number of rotatable bonds is 4. The molecule has 0 bridgehead atoms. The number of nitrogens with two attached hydrogens (primary N) is 1. The van der Waals surface area contributed by atoms with Crippen LogP contribution in [0, 0.1) is 23.5 Å². The van der Waals surface area contributed by atoms with Crippen molar-refractivity contribution in [2.75, 3.05) is 33.0 Å². The molecule has 1 saturated heterocycles. The summed E-state index contributed by atoms with van der Waals surface area (Å²) in [4.78, 5) is 4.12. The molecule has 2 aromatic heterocycles. The summed E-state index contributed by atoms with van der Waals surface area (Å²) in [5, 5.41) is 18.1.